The highest BCUT2D eigenvalue weighted by Gasteiger charge is 2.24. The average molecular weight is 380 g/mol. The van der Waals surface area contributed by atoms with E-state index in [2.05, 4.69) is 15.6 Å². The van der Waals surface area contributed by atoms with Gasteiger partial charge in [0.1, 0.15) is 17.1 Å². The number of hydrogen-bond acceptors (Lipinski definition) is 6. The maximum Gasteiger partial charge on any atom is 0.257 e. The normalized spacial score (nSPS) is 13.2. The molecule has 0 atom stereocenters. The van der Waals surface area contributed by atoms with Crippen LogP contribution < -0.4 is 21.1 Å². The van der Waals surface area contributed by atoms with E-state index in [1.54, 1.807) is 12.3 Å². The summed E-state index contributed by atoms with van der Waals surface area (Å²) in [5.41, 5.74) is 7.09. The molecule has 0 unspecified atom stereocenters. The van der Waals surface area contributed by atoms with Crippen LogP contribution >= 0.6 is 11.3 Å². The Balaban J connectivity index is 1.40. The molecule has 7 heteroatoms. The van der Waals surface area contributed by atoms with E-state index < -0.39 is 0 Å². The number of nitrogen functional groups attached to an aromatic ring is 1. The molecule has 1 aromatic carbocycles. The summed E-state index contributed by atoms with van der Waals surface area (Å²) in [7, 11) is 0. The first-order valence-electron chi connectivity index (χ1n) is 8.80. The molecule has 0 bridgehead atoms. The average Bonchev–Trinajstić information content (AvgIpc) is 3.37. The van der Waals surface area contributed by atoms with Crippen LogP contribution in [0.4, 0.5) is 11.5 Å². The van der Waals surface area contributed by atoms with Crippen LogP contribution in [-0.4, -0.2) is 16.9 Å². The molecular formula is C20H20N4O2S. The Morgan fingerprint density at radius 1 is 1.19 bits per heavy atom. The fraction of sp³-hybridized carbons (Fsp3) is 0.200. The van der Waals surface area contributed by atoms with E-state index in [0.29, 0.717) is 18.2 Å². The van der Waals surface area contributed by atoms with Gasteiger partial charge < -0.3 is 21.1 Å². The summed E-state index contributed by atoms with van der Waals surface area (Å²) in [5, 5.41) is 7.04. The van der Waals surface area contributed by atoms with Gasteiger partial charge in [-0.3, -0.25) is 4.79 Å². The first kappa shape index (κ1) is 17.4. The van der Waals surface area contributed by atoms with Crippen molar-refractivity contribution in [2.75, 3.05) is 11.1 Å². The summed E-state index contributed by atoms with van der Waals surface area (Å²) in [6.45, 7) is 0.402. The number of nitrogens with zero attached hydrogens (tertiary/aromatic N) is 1. The Kier molecular flexibility index (Phi) is 4.93. The molecule has 2 heterocycles. The molecule has 4 rings (SSSR count). The van der Waals surface area contributed by atoms with Crippen LogP contribution in [0.5, 0.6) is 10.8 Å². The molecule has 1 saturated carbocycles. The smallest absolute Gasteiger partial charge is 0.257 e. The van der Waals surface area contributed by atoms with Crippen molar-refractivity contribution in [3.63, 3.8) is 0 Å². The predicted molar refractivity (Wildman–Crippen MR) is 107 cm³/mol. The molecule has 3 aromatic rings. The van der Waals surface area contributed by atoms with Crippen LogP contribution in [0, 0.1) is 0 Å². The summed E-state index contributed by atoms with van der Waals surface area (Å²) in [6.07, 6.45) is 3.84. The van der Waals surface area contributed by atoms with Crippen LogP contribution in [0.15, 0.2) is 54.7 Å². The Labute approximate surface area is 161 Å². The number of thiophene rings is 1. The third-order valence-electron chi connectivity index (χ3n) is 4.17. The topological polar surface area (TPSA) is 89.3 Å². The van der Waals surface area contributed by atoms with Crippen molar-refractivity contribution in [2.24, 2.45) is 0 Å². The molecule has 27 heavy (non-hydrogen) atoms. The van der Waals surface area contributed by atoms with Crippen LogP contribution in [0.2, 0.25) is 0 Å². The van der Waals surface area contributed by atoms with E-state index in [9.17, 15) is 4.79 Å². The summed E-state index contributed by atoms with van der Waals surface area (Å²) < 4.78 is 5.81. The number of nitrogens with two attached hydrogens (primary N) is 1. The van der Waals surface area contributed by atoms with Crippen molar-refractivity contribution in [1.82, 2.24) is 10.3 Å². The maximum absolute atomic E-state index is 12.7. The van der Waals surface area contributed by atoms with Gasteiger partial charge in [-0.15, -0.1) is 11.3 Å². The third kappa shape index (κ3) is 4.38. The molecule has 0 aliphatic heterocycles. The second kappa shape index (κ2) is 7.67. The molecule has 1 aliphatic rings. The zero-order chi connectivity index (χ0) is 18.6. The minimum atomic E-state index is -0.234. The SMILES string of the molecule is Nc1nccc(NC2CC2)c1C(=O)NCc1ccc(Oc2ccccc2)s1. The highest BCUT2D eigenvalue weighted by Crippen LogP contribution is 2.30. The van der Waals surface area contributed by atoms with E-state index in [1.165, 1.54) is 11.3 Å². The van der Waals surface area contributed by atoms with Gasteiger partial charge >= 0.3 is 0 Å². The molecule has 1 fully saturated rings. The number of rotatable bonds is 7. The number of benzene rings is 1. The lowest BCUT2D eigenvalue weighted by molar-refractivity contribution is 0.0952. The monoisotopic (exact) mass is 380 g/mol. The van der Waals surface area contributed by atoms with E-state index in [4.69, 9.17) is 10.5 Å². The largest absolute Gasteiger partial charge is 0.447 e. The molecule has 138 valence electrons. The van der Waals surface area contributed by atoms with E-state index in [1.807, 2.05) is 42.5 Å². The van der Waals surface area contributed by atoms with Crippen molar-refractivity contribution in [2.45, 2.75) is 25.4 Å². The van der Waals surface area contributed by atoms with Crippen LogP contribution in [0.1, 0.15) is 28.1 Å². The van der Waals surface area contributed by atoms with Gasteiger partial charge in [0, 0.05) is 17.1 Å². The molecule has 1 amide bonds. The van der Waals surface area contributed by atoms with Gasteiger partial charge in [0.05, 0.1) is 12.2 Å². The lowest BCUT2D eigenvalue weighted by Gasteiger charge is -2.12. The number of aromatic nitrogens is 1. The molecule has 0 radical (unpaired) electrons. The number of para-hydroxylation sites is 1. The van der Waals surface area contributed by atoms with E-state index >= 15 is 0 Å². The number of pyridine rings is 1. The summed E-state index contributed by atoms with van der Waals surface area (Å²) >= 11 is 1.49. The van der Waals surface area contributed by atoms with Crippen molar-refractivity contribution >= 4 is 28.7 Å². The van der Waals surface area contributed by atoms with Crippen molar-refractivity contribution in [3.8, 4) is 10.8 Å². The van der Waals surface area contributed by atoms with Gasteiger partial charge in [0.2, 0.25) is 0 Å². The zero-order valence-electron chi connectivity index (χ0n) is 14.6. The van der Waals surface area contributed by atoms with Crippen molar-refractivity contribution in [3.05, 3.63) is 65.2 Å². The highest BCUT2D eigenvalue weighted by molar-refractivity contribution is 7.13. The highest BCUT2D eigenvalue weighted by atomic mass is 32.1. The molecule has 4 N–H and O–H groups in total. The van der Waals surface area contributed by atoms with Crippen LogP contribution in [-0.2, 0) is 6.54 Å². The summed E-state index contributed by atoms with van der Waals surface area (Å²) in [4.78, 5) is 17.7. The third-order valence-corrected chi connectivity index (χ3v) is 5.13. The second-order valence-electron chi connectivity index (χ2n) is 6.36. The Morgan fingerprint density at radius 2 is 2.00 bits per heavy atom. The quantitative estimate of drug-likeness (QED) is 0.576. The van der Waals surface area contributed by atoms with E-state index in [-0.39, 0.29) is 11.7 Å². The number of amides is 1. The lowest BCUT2D eigenvalue weighted by atomic mass is 10.2. The first-order chi connectivity index (χ1) is 13.2. The molecule has 0 spiro atoms. The van der Waals surface area contributed by atoms with Crippen LogP contribution in [0.25, 0.3) is 0 Å². The predicted octanol–water partition coefficient (Wildman–Crippen LogP) is 4.02. The number of nitrogens with one attached hydrogen (secondary N) is 2. The van der Waals surface area contributed by atoms with Gasteiger partial charge in [-0.2, -0.15) is 0 Å². The molecule has 1 aliphatic carbocycles. The maximum atomic E-state index is 12.7. The Bertz CT molecular complexity index is 938. The number of anilines is 2. The van der Waals surface area contributed by atoms with Gasteiger partial charge in [-0.1, -0.05) is 18.2 Å². The fourth-order valence-electron chi connectivity index (χ4n) is 2.65. The number of carbonyl (C=O) groups excluding carboxylic acids is 1. The van der Waals surface area contributed by atoms with Gasteiger partial charge in [-0.05, 0) is 43.2 Å². The van der Waals surface area contributed by atoms with Gasteiger partial charge in [0.25, 0.3) is 5.91 Å². The zero-order valence-corrected chi connectivity index (χ0v) is 15.5. The van der Waals surface area contributed by atoms with Crippen LogP contribution in [0.3, 0.4) is 0 Å². The summed E-state index contributed by atoms with van der Waals surface area (Å²) in [6, 6.07) is 15.7. The molecule has 6 nitrogen and oxygen atoms in total. The fourth-order valence-corrected chi connectivity index (χ4v) is 3.47. The van der Waals surface area contributed by atoms with Crippen molar-refractivity contribution in [1.29, 1.82) is 0 Å². The number of ether oxygens (including phenoxy) is 1. The van der Waals surface area contributed by atoms with Gasteiger partial charge in [0.15, 0.2) is 5.06 Å². The summed E-state index contributed by atoms with van der Waals surface area (Å²) in [5.74, 6) is 0.786. The second-order valence-corrected chi connectivity index (χ2v) is 7.49. The number of carbonyl (C=O) groups is 1. The van der Waals surface area contributed by atoms with Gasteiger partial charge in [-0.25, -0.2) is 4.98 Å². The number of hydrogen-bond donors (Lipinski definition) is 3. The minimum absolute atomic E-state index is 0.234. The Hall–Kier alpha value is -3.06. The Morgan fingerprint density at radius 3 is 2.78 bits per heavy atom. The van der Waals surface area contributed by atoms with E-state index in [0.717, 1.165) is 34.2 Å². The molecule has 2 aromatic heterocycles. The first-order valence-corrected chi connectivity index (χ1v) is 9.61. The molecule has 0 saturated heterocycles. The lowest BCUT2D eigenvalue weighted by Crippen LogP contribution is -2.25. The minimum Gasteiger partial charge on any atom is -0.447 e. The standard InChI is InChI=1S/C20H20N4O2S/c21-19-18(16(10-11-22-19)24-13-6-7-13)20(25)23-12-15-8-9-17(27-15)26-14-4-2-1-3-5-14/h1-5,8-11,13H,6-7,12H2,(H,23,25)(H3,21,22,24). The van der Waals surface area contributed by atoms with Crippen molar-refractivity contribution < 1.29 is 9.53 Å². The molecular weight excluding hydrogens is 360 g/mol.